The number of rotatable bonds is 2. The summed E-state index contributed by atoms with van der Waals surface area (Å²) in [6.45, 7) is 0. The molecule has 10 aromatic rings. The first-order valence-corrected chi connectivity index (χ1v) is 15.6. The van der Waals surface area contributed by atoms with Crippen LogP contribution in [-0.2, 0) is 0 Å². The van der Waals surface area contributed by atoms with Gasteiger partial charge in [0.2, 0.25) is 0 Å². The minimum Gasteiger partial charge on any atom is -0.309 e. The van der Waals surface area contributed by atoms with E-state index in [4.69, 9.17) is 0 Å². The molecule has 0 saturated carbocycles. The molecule has 0 atom stereocenters. The molecule has 45 heavy (non-hydrogen) atoms. The smallest absolute Gasteiger partial charge is 0.0553 e. The van der Waals surface area contributed by atoms with Crippen LogP contribution < -0.4 is 0 Å². The fourth-order valence-electron chi connectivity index (χ4n) is 7.81. The van der Waals surface area contributed by atoms with Gasteiger partial charge in [0.15, 0.2) is 0 Å². The van der Waals surface area contributed by atoms with Crippen molar-refractivity contribution in [2.24, 2.45) is 0 Å². The van der Waals surface area contributed by atoms with E-state index >= 15 is 0 Å². The highest BCUT2D eigenvalue weighted by Crippen LogP contribution is 2.45. The first-order chi connectivity index (χ1) is 22.3. The van der Waals surface area contributed by atoms with Crippen LogP contribution in [-0.4, -0.2) is 4.57 Å². The maximum Gasteiger partial charge on any atom is 0.0553 e. The Balaban J connectivity index is 1.38. The van der Waals surface area contributed by atoms with Gasteiger partial charge in [-0.25, -0.2) is 0 Å². The summed E-state index contributed by atoms with van der Waals surface area (Å²) in [4.78, 5) is 0. The van der Waals surface area contributed by atoms with Crippen molar-refractivity contribution in [1.29, 1.82) is 0 Å². The Hall–Kier alpha value is -5.92. The summed E-state index contributed by atoms with van der Waals surface area (Å²) < 4.78 is 2.46. The van der Waals surface area contributed by atoms with E-state index in [0.29, 0.717) is 0 Å². The monoisotopic (exact) mass is 569 g/mol. The SMILES string of the molecule is c1ccc(-n2c3ccc4ccccc4c3c3c4ccccc4c(-c4ccc5c6ccccc6c6ccccc6c5c4)cc32)cc1. The minimum absolute atomic E-state index is 1.17. The third kappa shape index (κ3) is 3.44. The summed E-state index contributed by atoms with van der Waals surface area (Å²) in [6, 6.07) is 60.3. The molecule has 0 aliphatic heterocycles. The lowest BCUT2D eigenvalue weighted by Crippen LogP contribution is -1.94. The van der Waals surface area contributed by atoms with Gasteiger partial charge >= 0.3 is 0 Å². The summed E-state index contributed by atoms with van der Waals surface area (Å²) in [7, 11) is 0. The Kier molecular flexibility index (Phi) is 5.06. The van der Waals surface area contributed by atoms with Crippen LogP contribution in [0.4, 0.5) is 0 Å². The molecule has 0 aliphatic carbocycles. The van der Waals surface area contributed by atoms with Crippen molar-refractivity contribution >= 4 is 75.7 Å². The van der Waals surface area contributed by atoms with Crippen LogP contribution >= 0.6 is 0 Å². The number of hydrogen-bond donors (Lipinski definition) is 0. The first kappa shape index (κ1) is 24.5. The lowest BCUT2D eigenvalue weighted by atomic mass is 9.90. The zero-order valence-electron chi connectivity index (χ0n) is 24.5. The maximum atomic E-state index is 2.46. The van der Waals surface area contributed by atoms with Crippen LogP contribution in [0.3, 0.4) is 0 Å². The molecule has 0 N–H and O–H groups in total. The Morgan fingerprint density at radius 2 is 0.844 bits per heavy atom. The fraction of sp³-hybridized carbons (Fsp3) is 0. The molecule has 0 fully saturated rings. The molecule has 0 bridgehead atoms. The van der Waals surface area contributed by atoms with Gasteiger partial charge in [0, 0.05) is 16.5 Å². The molecule has 0 radical (unpaired) electrons. The van der Waals surface area contributed by atoms with Gasteiger partial charge < -0.3 is 4.57 Å². The zero-order chi connectivity index (χ0) is 29.5. The van der Waals surface area contributed by atoms with E-state index in [1.165, 1.54) is 92.5 Å². The van der Waals surface area contributed by atoms with Crippen molar-refractivity contribution in [2.75, 3.05) is 0 Å². The van der Waals surface area contributed by atoms with E-state index in [1.807, 2.05) is 0 Å². The average Bonchev–Trinajstić information content (AvgIpc) is 3.46. The maximum absolute atomic E-state index is 2.46. The van der Waals surface area contributed by atoms with E-state index in [0.717, 1.165) is 0 Å². The van der Waals surface area contributed by atoms with Gasteiger partial charge in [-0.15, -0.1) is 0 Å². The van der Waals surface area contributed by atoms with Crippen molar-refractivity contribution in [3.05, 3.63) is 164 Å². The number of aromatic nitrogens is 1. The molecular weight excluding hydrogens is 542 g/mol. The molecule has 1 aromatic heterocycles. The standard InChI is InChI=1S/C44H27N/c1-2-13-30(14-3-1)45-41-25-23-28-12-4-5-15-31(28)43(41)44-38-21-11-10-20-36(38)39(27-42(44)45)29-22-24-37-34-18-7-6-16-32(34)33-17-8-9-19-35(33)40(37)26-29/h1-27H. The number of fused-ring (bicyclic) bond motifs is 13. The second kappa shape index (κ2) is 9.29. The first-order valence-electron chi connectivity index (χ1n) is 15.6. The summed E-state index contributed by atoms with van der Waals surface area (Å²) >= 11 is 0. The highest BCUT2D eigenvalue weighted by molar-refractivity contribution is 6.31. The van der Waals surface area contributed by atoms with E-state index < -0.39 is 0 Å². The predicted octanol–water partition coefficient (Wildman–Crippen LogP) is 12.2. The molecule has 9 aromatic carbocycles. The van der Waals surface area contributed by atoms with Gasteiger partial charge in [-0.3, -0.25) is 0 Å². The summed E-state index contributed by atoms with van der Waals surface area (Å²) in [5.74, 6) is 0. The second-order valence-electron chi connectivity index (χ2n) is 12.1. The summed E-state index contributed by atoms with van der Waals surface area (Å²) in [5, 5.41) is 15.5. The normalized spacial score (nSPS) is 12.0. The Labute approximate surface area is 260 Å². The van der Waals surface area contributed by atoms with Gasteiger partial charge in [-0.2, -0.15) is 0 Å². The van der Waals surface area contributed by atoms with Crippen LogP contribution in [0.5, 0.6) is 0 Å². The third-order valence-corrected chi connectivity index (χ3v) is 9.73. The van der Waals surface area contributed by atoms with Crippen molar-refractivity contribution in [2.45, 2.75) is 0 Å². The average molecular weight is 570 g/mol. The largest absolute Gasteiger partial charge is 0.309 e. The van der Waals surface area contributed by atoms with Crippen molar-refractivity contribution < 1.29 is 0 Å². The van der Waals surface area contributed by atoms with Crippen molar-refractivity contribution in [3.8, 4) is 16.8 Å². The van der Waals surface area contributed by atoms with E-state index in [1.54, 1.807) is 0 Å². The lowest BCUT2D eigenvalue weighted by molar-refractivity contribution is 1.18. The molecule has 0 spiro atoms. The molecular formula is C44H27N. The number of nitrogens with zero attached hydrogens (tertiary/aromatic N) is 1. The van der Waals surface area contributed by atoms with Crippen LogP contribution in [0.25, 0.3) is 92.5 Å². The number of hydrogen-bond acceptors (Lipinski definition) is 0. The van der Waals surface area contributed by atoms with E-state index in [9.17, 15) is 0 Å². The van der Waals surface area contributed by atoms with Crippen LogP contribution in [0.15, 0.2) is 164 Å². The Morgan fingerprint density at radius 1 is 0.311 bits per heavy atom. The third-order valence-electron chi connectivity index (χ3n) is 9.73. The molecule has 0 aliphatic rings. The molecule has 0 unspecified atom stereocenters. The Morgan fingerprint density at radius 3 is 1.56 bits per heavy atom. The Bertz CT molecular complexity index is 2770. The summed E-state index contributed by atoms with van der Waals surface area (Å²) in [5.41, 5.74) is 6.11. The number of para-hydroxylation sites is 1. The molecule has 0 saturated heterocycles. The van der Waals surface area contributed by atoms with Gasteiger partial charge in [-0.1, -0.05) is 133 Å². The summed E-state index contributed by atoms with van der Waals surface area (Å²) in [6.07, 6.45) is 0. The minimum atomic E-state index is 1.17. The molecule has 10 rings (SSSR count). The highest BCUT2D eigenvalue weighted by Gasteiger charge is 2.20. The van der Waals surface area contributed by atoms with Gasteiger partial charge in [-0.05, 0) is 95.3 Å². The van der Waals surface area contributed by atoms with E-state index in [-0.39, 0.29) is 0 Å². The van der Waals surface area contributed by atoms with Gasteiger partial charge in [0.25, 0.3) is 0 Å². The quantitative estimate of drug-likeness (QED) is 0.183. The highest BCUT2D eigenvalue weighted by atomic mass is 15.0. The van der Waals surface area contributed by atoms with Crippen LogP contribution in [0.1, 0.15) is 0 Å². The fourth-order valence-corrected chi connectivity index (χ4v) is 7.81. The molecule has 208 valence electrons. The predicted molar refractivity (Wildman–Crippen MR) is 194 cm³/mol. The second-order valence-corrected chi connectivity index (χ2v) is 12.1. The zero-order valence-corrected chi connectivity index (χ0v) is 24.5. The van der Waals surface area contributed by atoms with E-state index in [2.05, 4.69) is 168 Å². The van der Waals surface area contributed by atoms with Crippen molar-refractivity contribution in [3.63, 3.8) is 0 Å². The van der Waals surface area contributed by atoms with Crippen LogP contribution in [0, 0.1) is 0 Å². The van der Waals surface area contributed by atoms with Crippen LogP contribution in [0.2, 0.25) is 0 Å². The van der Waals surface area contributed by atoms with Gasteiger partial charge in [0.1, 0.15) is 0 Å². The molecule has 1 nitrogen and oxygen atoms in total. The number of benzene rings is 9. The molecule has 1 heterocycles. The molecule has 0 amide bonds. The van der Waals surface area contributed by atoms with Gasteiger partial charge in [0.05, 0.1) is 11.0 Å². The molecule has 1 heteroatoms. The topological polar surface area (TPSA) is 4.93 Å². The lowest BCUT2D eigenvalue weighted by Gasteiger charge is -2.14. The van der Waals surface area contributed by atoms with Crippen molar-refractivity contribution in [1.82, 2.24) is 4.57 Å².